The number of hydrogen-bond donors (Lipinski definition) is 1. The molecule has 0 spiro atoms. The van der Waals surface area contributed by atoms with Gasteiger partial charge in [-0.2, -0.15) is 0 Å². The molecule has 1 saturated heterocycles. The van der Waals surface area contributed by atoms with E-state index in [1.165, 1.54) is 0 Å². The molecule has 2 aromatic rings. The quantitative estimate of drug-likeness (QED) is 0.882. The average molecular weight is 364 g/mol. The lowest BCUT2D eigenvalue weighted by atomic mass is 10.0. The van der Waals surface area contributed by atoms with Gasteiger partial charge in [-0.05, 0) is 37.8 Å². The fraction of sp³-hybridized carbons (Fsp3) is 0.500. The maximum absolute atomic E-state index is 12.8. The Morgan fingerprint density at radius 2 is 2.16 bits per heavy atom. The molecule has 1 aromatic carbocycles. The van der Waals surface area contributed by atoms with E-state index in [0.29, 0.717) is 6.54 Å². The van der Waals surface area contributed by atoms with Gasteiger partial charge in [-0.25, -0.2) is 13.1 Å². The molecule has 1 aromatic heterocycles. The van der Waals surface area contributed by atoms with Crippen molar-refractivity contribution in [3.63, 3.8) is 0 Å². The first-order valence-corrected chi connectivity index (χ1v) is 10.4. The molecule has 3 rings (SSSR count). The minimum atomic E-state index is -3.26. The Labute approximate surface area is 148 Å². The van der Waals surface area contributed by atoms with E-state index in [2.05, 4.69) is 4.72 Å². The summed E-state index contributed by atoms with van der Waals surface area (Å²) in [7, 11) is -3.26. The number of fused-ring (bicyclic) bond motifs is 1. The number of carbonyl (C=O) groups is 1. The van der Waals surface area contributed by atoms with Gasteiger partial charge in [0, 0.05) is 30.1 Å². The number of piperidine rings is 1. The van der Waals surface area contributed by atoms with Crippen LogP contribution in [0.5, 0.6) is 0 Å². The Kier molecular flexibility index (Phi) is 5.15. The third-order valence-electron chi connectivity index (χ3n) is 4.68. The normalized spacial score (nSPS) is 18.6. The van der Waals surface area contributed by atoms with E-state index in [1.54, 1.807) is 6.26 Å². The van der Waals surface area contributed by atoms with Crippen LogP contribution >= 0.6 is 0 Å². The van der Waals surface area contributed by atoms with Gasteiger partial charge in [0.15, 0.2) is 0 Å². The first kappa shape index (κ1) is 17.9. The van der Waals surface area contributed by atoms with Crippen LogP contribution in [0.15, 0.2) is 28.9 Å². The topological polar surface area (TPSA) is 79.6 Å². The van der Waals surface area contributed by atoms with E-state index in [1.807, 2.05) is 30.0 Å². The number of sulfonamides is 1. The highest BCUT2D eigenvalue weighted by Gasteiger charge is 2.27. The van der Waals surface area contributed by atoms with Crippen molar-refractivity contribution in [2.45, 2.75) is 38.6 Å². The van der Waals surface area contributed by atoms with E-state index in [9.17, 15) is 13.2 Å². The van der Waals surface area contributed by atoms with Gasteiger partial charge in [0.2, 0.25) is 15.9 Å². The number of aryl methyl sites for hydroxylation is 1. The molecule has 1 aliphatic heterocycles. The van der Waals surface area contributed by atoms with Gasteiger partial charge < -0.3 is 9.32 Å². The minimum Gasteiger partial charge on any atom is -0.464 e. The summed E-state index contributed by atoms with van der Waals surface area (Å²) < 4.78 is 30.8. The Hall–Kier alpha value is -1.86. The molecule has 6 nitrogen and oxygen atoms in total. The third-order valence-corrected chi connectivity index (χ3v) is 5.37. The molecule has 25 heavy (non-hydrogen) atoms. The number of likely N-dealkylation sites (tertiary alicyclic amines) is 1. The van der Waals surface area contributed by atoms with E-state index in [4.69, 9.17) is 4.42 Å². The monoisotopic (exact) mass is 364 g/mol. The lowest BCUT2D eigenvalue weighted by Crippen LogP contribution is -2.49. The minimum absolute atomic E-state index is 0.0169. The molecule has 136 valence electrons. The lowest BCUT2D eigenvalue weighted by Gasteiger charge is -2.35. The van der Waals surface area contributed by atoms with Crippen molar-refractivity contribution in [1.82, 2.24) is 9.62 Å². The van der Waals surface area contributed by atoms with E-state index >= 15 is 0 Å². The number of rotatable bonds is 5. The Bertz CT molecular complexity index is 872. The van der Waals surface area contributed by atoms with E-state index in [-0.39, 0.29) is 24.9 Å². The molecular formula is C18H24N2O4S. The first-order valence-electron chi connectivity index (χ1n) is 8.54. The Morgan fingerprint density at radius 3 is 2.92 bits per heavy atom. The van der Waals surface area contributed by atoms with Crippen molar-refractivity contribution in [3.8, 4) is 0 Å². The van der Waals surface area contributed by atoms with Gasteiger partial charge in [0.25, 0.3) is 0 Å². The van der Waals surface area contributed by atoms with Crippen LogP contribution < -0.4 is 4.72 Å². The SMILES string of the molecule is Cc1ccc2c(CC(=O)N3CCCC[C@H]3CNS(C)(=O)=O)coc2c1. The van der Waals surface area contributed by atoms with Gasteiger partial charge in [0.1, 0.15) is 5.58 Å². The molecule has 1 fully saturated rings. The third kappa shape index (κ3) is 4.41. The molecule has 1 atom stereocenters. The second-order valence-electron chi connectivity index (χ2n) is 6.79. The predicted octanol–water partition coefficient (Wildman–Crippen LogP) is 2.21. The zero-order chi connectivity index (χ0) is 18.0. The molecule has 1 amide bonds. The highest BCUT2D eigenvalue weighted by molar-refractivity contribution is 7.88. The summed E-state index contributed by atoms with van der Waals surface area (Å²) in [5.41, 5.74) is 2.78. The molecule has 0 radical (unpaired) electrons. The molecule has 0 saturated carbocycles. The van der Waals surface area contributed by atoms with Gasteiger partial charge in [0.05, 0.1) is 18.9 Å². The van der Waals surface area contributed by atoms with Crippen LogP contribution in [0.4, 0.5) is 0 Å². The zero-order valence-corrected chi connectivity index (χ0v) is 15.4. The van der Waals surface area contributed by atoms with Crippen molar-refractivity contribution in [2.75, 3.05) is 19.3 Å². The molecule has 1 aliphatic rings. The summed E-state index contributed by atoms with van der Waals surface area (Å²) >= 11 is 0. The summed E-state index contributed by atoms with van der Waals surface area (Å²) in [5.74, 6) is 0.0169. The molecule has 1 N–H and O–H groups in total. The number of furan rings is 1. The van der Waals surface area contributed by atoms with E-state index < -0.39 is 10.0 Å². The van der Waals surface area contributed by atoms with Gasteiger partial charge in [-0.1, -0.05) is 12.1 Å². The number of nitrogens with zero attached hydrogens (tertiary/aromatic N) is 1. The second kappa shape index (κ2) is 7.17. The van der Waals surface area contributed by atoms with Crippen LogP contribution in [0.1, 0.15) is 30.4 Å². The summed E-state index contributed by atoms with van der Waals surface area (Å²) in [6.07, 6.45) is 5.84. The summed E-state index contributed by atoms with van der Waals surface area (Å²) in [6, 6.07) is 5.86. The van der Waals surface area contributed by atoms with Gasteiger partial charge >= 0.3 is 0 Å². The van der Waals surface area contributed by atoms with Gasteiger partial charge in [-0.15, -0.1) is 0 Å². The maximum atomic E-state index is 12.8. The number of benzene rings is 1. The molecule has 0 unspecified atom stereocenters. The van der Waals surface area contributed by atoms with Crippen molar-refractivity contribution >= 4 is 26.9 Å². The maximum Gasteiger partial charge on any atom is 0.227 e. The molecule has 0 bridgehead atoms. The second-order valence-corrected chi connectivity index (χ2v) is 8.63. The first-order chi connectivity index (χ1) is 11.8. The smallest absolute Gasteiger partial charge is 0.227 e. The van der Waals surface area contributed by atoms with Crippen molar-refractivity contribution in [1.29, 1.82) is 0 Å². The lowest BCUT2D eigenvalue weighted by molar-refractivity contribution is -0.133. The standard InChI is InChI=1S/C18H24N2O4S/c1-13-6-7-16-14(12-24-17(16)9-13)10-18(21)20-8-4-3-5-15(20)11-19-25(2,22)23/h6-7,9,12,15,19H,3-5,8,10-11H2,1-2H3/t15-/m0/s1. The molecule has 0 aliphatic carbocycles. The highest BCUT2D eigenvalue weighted by atomic mass is 32.2. The Morgan fingerprint density at radius 1 is 1.36 bits per heavy atom. The largest absolute Gasteiger partial charge is 0.464 e. The molecule has 2 heterocycles. The number of carbonyl (C=O) groups excluding carboxylic acids is 1. The molecule has 7 heteroatoms. The summed E-state index contributed by atoms with van der Waals surface area (Å²) in [5, 5.41) is 0.960. The zero-order valence-electron chi connectivity index (χ0n) is 14.6. The van der Waals surface area contributed by atoms with Crippen molar-refractivity contribution in [2.24, 2.45) is 0 Å². The van der Waals surface area contributed by atoms with Crippen molar-refractivity contribution < 1.29 is 17.6 Å². The summed E-state index contributed by atoms with van der Waals surface area (Å²) in [4.78, 5) is 14.6. The highest BCUT2D eigenvalue weighted by Crippen LogP contribution is 2.24. The fourth-order valence-electron chi connectivity index (χ4n) is 3.38. The van der Waals surface area contributed by atoms with Gasteiger partial charge in [-0.3, -0.25) is 4.79 Å². The van der Waals surface area contributed by atoms with Crippen LogP contribution in [0.3, 0.4) is 0 Å². The van der Waals surface area contributed by atoms with Crippen LogP contribution in [0, 0.1) is 6.92 Å². The van der Waals surface area contributed by atoms with Crippen LogP contribution in [0.2, 0.25) is 0 Å². The van der Waals surface area contributed by atoms with Crippen LogP contribution in [-0.2, 0) is 21.2 Å². The van der Waals surface area contributed by atoms with E-state index in [0.717, 1.165) is 47.6 Å². The Balaban J connectivity index is 1.73. The van der Waals surface area contributed by atoms with Crippen LogP contribution in [-0.4, -0.2) is 44.6 Å². The van der Waals surface area contributed by atoms with Crippen LogP contribution in [0.25, 0.3) is 11.0 Å². The molecular weight excluding hydrogens is 340 g/mol. The number of amides is 1. The summed E-state index contributed by atoms with van der Waals surface area (Å²) in [6.45, 7) is 2.94. The number of hydrogen-bond acceptors (Lipinski definition) is 4. The average Bonchev–Trinajstić information content (AvgIpc) is 2.94. The predicted molar refractivity (Wildman–Crippen MR) is 96.9 cm³/mol. The van der Waals surface area contributed by atoms with Crippen molar-refractivity contribution in [3.05, 3.63) is 35.6 Å². The number of nitrogens with one attached hydrogen (secondary N) is 1. The fourth-order valence-corrected chi connectivity index (χ4v) is 3.88.